The predicted octanol–water partition coefficient (Wildman–Crippen LogP) is 4.88. The molecule has 4 nitrogen and oxygen atoms in total. The standard InChI is InChI=1S/C27H36N2O2/c1-4-15-29(24-11-9-21-10-12-25(31-3)19-22(21)18-24)23-13-16-28(17-14-23)27(30)26-8-6-5-7-20(26)2/h5-8,10,12,19,23-24H,4,9,11,13-18H2,1-3H3. The topological polar surface area (TPSA) is 32.8 Å². The summed E-state index contributed by atoms with van der Waals surface area (Å²) in [6, 6.07) is 15.7. The number of rotatable bonds is 6. The molecule has 1 unspecified atom stereocenters. The van der Waals surface area contributed by atoms with E-state index in [0.29, 0.717) is 12.1 Å². The number of fused-ring (bicyclic) bond motifs is 1. The molecule has 1 heterocycles. The van der Waals surface area contributed by atoms with Gasteiger partial charge in [0.1, 0.15) is 5.75 Å². The maximum absolute atomic E-state index is 13.0. The van der Waals surface area contributed by atoms with Crippen molar-refractivity contribution in [1.29, 1.82) is 0 Å². The fourth-order valence-corrected chi connectivity index (χ4v) is 5.43. The van der Waals surface area contributed by atoms with Crippen LogP contribution < -0.4 is 4.74 Å². The van der Waals surface area contributed by atoms with Crippen LogP contribution in [0.25, 0.3) is 0 Å². The zero-order valence-corrected chi connectivity index (χ0v) is 19.3. The van der Waals surface area contributed by atoms with Gasteiger partial charge in [0.2, 0.25) is 0 Å². The third-order valence-corrected chi connectivity index (χ3v) is 7.16. The highest BCUT2D eigenvalue weighted by Crippen LogP contribution is 2.31. The van der Waals surface area contributed by atoms with Crippen molar-refractivity contribution < 1.29 is 9.53 Å². The minimum absolute atomic E-state index is 0.192. The van der Waals surface area contributed by atoms with Gasteiger partial charge in [-0.25, -0.2) is 0 Å². The molecule has 1 saturated heterocycles. The molecule has 4 rings (SSSR count). The largest absolute Gasteiger partial charge is 0.497 e. The van der Waals surface area contributed by atoms with E-state index in [-0.39, 0.29) is 5.91 Å². The number of hydrogen-bond donors (Lipinski definition) is 0. The summed E-state index contributed by atoms with van der Waals surface area (Å²) < 4.78 is 5.47. The molecule has 0 bridgehead atoms. The average molecular weight is 421 g/mol. The van der Waals surface area contributed by atoms with Crippen molar-refractivity contribution in [1.82, 2.24) is 9.80 Å². The summed E-state index contributed by atoms with van der Waals surface area (Å²) in [6.07, 6.45) is 6.79. The van der Waals surface area contributed by atoms with Crippen LogP contribution in [-0.2, 0) is 12.8 Å². The molecule has 2 aromatic rings. The molecule has 0 N–H and O–H groups in total. The van der Waals surface area contributed by atoms with E-state index in [4.69, 9.17) is 4.74 Å². The monoisotopic (exact) mass is 420 g/mol. The molecule has 2 aromatic carbocycles. The van der Waals surface area contributed by atoms with Gasteiger partial charge in [-0.2, -0.15) is 0 Å². The molecule has 1 fully saturated rings. The van der Waals surface area contributed by atoms with Crippen LogP contribution in [0.15, 0.2) is 42.5 Å². The molecule has 166 valence electrons. The number of aryl methyl sites for hydroxylation is 2. The Kier molecular flexibility index (Phi) is 6.96. The van der Waals surface area contributed by atoms with Crippen molar-refractivity contribution in [2.75, 3.05) is 26.7 Å². The molecule has 2 aliphatic rings. The lowest BCUT2D eigenvalue weighted by Gasteiger charge is -2.44. The van der Waals surface area contributed by atoms with Gasteiger partial charge in [0.15, 0.2) is 0 Å². The lowest BCUT2D eigenvalue weighted by Crippen LogP contribution is -2.51. The fraction of sp³-hybridized carbons (Fsp3) is 0.519. The second kappa shape index (κ2) is 9.86. The first-order valence-electron chi connectivity index (χ1n) is 11.9. The number of likely N-dealkylation sites (tertiary alicyclic amines) is 1. The molecule has 1 aliphatic carbocycles. The lowest BCUT2D eigenvalue weighted by atomic mass is 9.85. The summed E-state index contributed by atoms with van der Waals surface area (Å²) in [6.45, 7) is 7.16. The molecule has 4 heteroatoms. The first kappa shape index (κ1) is 21.9. The van der Waals surface area contributed by atoms with Gasteiger partial charge in [-0.05, 0) is 86.9 Å². The SMILES string of the molecule is CCCN(C1CCN(C(=O)c2ccccc2C)CC1)C1CCc2ccc(OC)cc2C1. The van der Waals surface area contributed by atoms with E-state index in [1.54, 1.807) is 7.11 Å². The zero-order chi connectivity index (χ0) is 21.8. The van der Waals surface area contributed by atoms with Crippen molar-refractivity contribution >= 4 is 5.91 Å². The van der Waals surface area contributed by atoms with E-state index >= 15 is 0 Å². The van der Waals surface area contributed by atoms with Crippen LogP contribution in [-0.4, -0.2) is 54.5 Å². The number of carbonyl (C=O) groups excluding carboxylic acids is 1. The van der Waals surface area contributed by atoms with Crippen molar-refractivity contribution in [3.63, 3.8) is 0 Å². The third-order valence-electron chi connectivity index (χ3n) is 7.16. The molecule has 1 atom stereocenters. The van der Waals surface area contributed by atoms with Crippen molar-refractivity contribution in [3.05, 3.63) is 64.7 Å². The normalized spacial score (nSPS) is 19.4. The summed E-state index contributed by atoms with van der Waals surface area (Å²) >= 11 is 0. The van der Waals surface area contributed by atoms with Gasteiger partial charge in [0, 0.05) is 30.7 Å². The Morgan fingerprint density at radius 2 is 1.84 bits per heavy atom. The Morgan fingerprint density at radius 3 is 2.55 bits per heavy atom. The van der Waals surface area contributed by atoms with E-state index in [1.807, 2.05) is 31.2 Å². The van der Waals surface area contributed by atoms with Crippen molar-refractivity contribution in [2.24, 2.45) is 0 Å². The Bertz CT molecular complexity index is 902. The molecular formula is C27H36N2O2. The second-order valence-electron chi connectivity index (χ2n) is 9.11. The smallest absolute Gasteiger partial charge is 0.254 e. The van der Waals surface area contributed by atoms with Crippen molar-refractivity contribution in [2.45, 2.75) is 64.5 Å². The van der Waals surface area contributed by atoms with E-state index in [1.165, 1.54) is 24.0 Å². The maximum Gasteiger partial charge on any atom is 0.254 e. The fourth-order valence-electron chi connectivity index (χ4n) is 5.43. The maximum atomic E-state index is 13.0. The third kappa shape index (κ3) is 4.79. The molecule has 0 radical (unpaired) electrons. The van der Waals surface area contributed by atoms with Gasteiger partial charge in [0.05, 0.1) is 7.11 Å². The number of nitrogens with zero attached hydrogens (tertiary/aromatic N) is 2. The number of carbonyl (C=O) groups is 1. The van der Waals surface area contributed by atoms with E-state index in [0.717, 1.165) is 62.2 Å². The molecular weight excluding hydrogens is 384 g/mol. The van der Waals surface area contributed by atoms with Gasteiger partial charge >= 0.3 is 0 Å². The highest BCUT2D eigenvalue weighted by atomic mass is 16.5. The molecule has 1 aliphatic heterocycles. The van der Waals surface area contributed by atoms with Crippen molar-refractivity contribution in [3.8, 4) is 5.75 Å². The van der Waals surface area contributed by atoms with Crippen LogP contribution in [0.2, 0.25) is 0 Å². The molecule has 0 spiro atoms. The Labute approximate surface area is 187 Å². The first-order valence-corrected chi connectivity index (χ1v) is 11.9. The van der Waals surface area contributed by atoms with Gasteiger partial charge in [-0.15, -0.1) is 0 Å². The lowest BCUT2D eigenvalue weighted by molar-refractivity contribution is 0.0506. The minimum atomic E-state index is 0.192. The zero-order valence-electron chi connectivity index (χ0n) is 19.3. The average Bonchev–Trinajstić information content (AvgIpc) is 2.82. The van der Waals surface area contributed by atoms with Crippen LogP contribution in [0.5, 0.6) is 5.75 Å². The quantitative estimate of drug-likeness (QED) is 0.668. The number of benzene rings is 2. The predicted molar refractivity (Wildman–Crippen MR) is 126 cm³/mol. The van der Waals surface area contributed by atoms with Crippen LogP contribution in [0.3, 0.4) is 0 Å². The Morgan fingerprint density at radius 1 is 1.06 bits per heavy atom. The minimum Gasteiger partial charge on any atom is -0.497 e. The number of hydrogen-bond acceptors (Lipinski definition) is 3. The van der Waals surface area contributed by atoms with Crippen LogP contribution in [0.1, 0.15) is 59.7 Å². The van der Waals surface area contributed by atoms with Crippen LogP contribution in [0, 0.1) is 6.92 Å². The van der Waals surface area contributed by atoms with Gasteiger partial charge in [0.25, 0.3) is 5.91 Å². The Balaban J connectivity index is 1.42. The number of piperidine rings is 1. The van der Waals surface area contributed by atoms with Gasteiger partial charge in [-0.1, -0.05) is 31.2 Å². The molecule has 0 saturated carbocycles. The summed E-state index contributed by atoms with van der Waals surface area (Å²) in [5.41, 5.74) is 4.85. The van der Waals surface area contributed by atoms with Crippen LogP contribution in [0.4, 0.5) is 0 Å². The molecule has 31 heavy (non-hydrogen) atoms. The molecule has 0 aromatic heterocycles. The first-order chi connectivity index (χ1) is 15.1. The summed E-state index contributed by atoms with van der Waals surface area (Å²) in [7, 11) is 1.75. The Hall–Kier alpha value is -2.33. The van der Waals surface area contributed by atoms with E-state index in [9.17, 15) is 4.79 Å². The number of amides is 1. The summed E-state index contributed by atoms with van der Waals surface area (Å²) in [5.74, 6) is 1.15. The van der Waals surface area contributed by atoms with Crippen LogP contribution >= 0.6 is 0 Å². The highest BCUT2D eigenvalue weighted by Gasteiger charge is 2.32. The molecule has 1 amide bonds. The van der Waals surface area contributed by atoms with Gasteiger partial charge < -0.3 is 9.64 Å². The summed E-state index contributed by atoms with van der Waals surface area (Å²) in [4.78, 5) is 17.8. The highest BCUT2D eigenvalue weighted by molar-refractivity contribution is 5.95. The number of methoxy groups -OCH3 is 1. The van der Waals surface area contributed by atoms with E-state index < -0.39 is 0 Å². The second-order valence-corrected chi connectivity index (χ2v) is 9.11. The number of ether oxygens (including phenoxy) is 1. The van der Waals surface area contributed by atoms with Gasteiger partial charge in [-0.3, -0.25) is 9.69 Å². The van der Waals surface area contributed by atoms with E-state index in [2.05, 4.69) is 34.9 Å². The summed E-state index contributed by atoms with van der Waals surface area (Å²) in [5, 5.41) is 0.